The lowest BCUT2D eigenvalue weighted by Gasteiger charge is -2.32. The largest absolute Gasteiger partial charge is 0.484 e. The number of hydrogen-bond acceptors (Lipinski definition) is 10. The lowest BCUT2D eigenvalue weighted by Crippen LogP contribution is -2.37. The number of pyridine rings is 1. The average molecular weight is 675 g/mol. The number of hydrogen-bond donors (Lipinski definition) is 2. The monoisotopic (exact) mass is 674 g/mol. The first-order chi connectivity index (χ1) is 23.1. The second kappa shape index (κ2) is 16.5. The number of carbonyl (C=O) groups excluding carboxylic acids is 3. The van der Waals surface area contributed by atoms with Crippen molar-refractivity contribution in [1.82, 2.24) is 10.3 Å². The third-order valence-electron chi connectivity index (χ3n) is 7.61. The molecule has 2 aromatic carbocycles. The van der Waals surface area contributed by atoms with Gasteiger partial charge in [-0.25, -0.2) is 4.79 Å². The van der Waals surface area contributed by atoms with Crippen LogP contribution in [0.4, 0.5) is 0 Å². The second-order valence-corrected chi connectivity index (χ2v) is 11.1. The van der Waals surface area contributed by atoms with Crippen LogP contribution < -0.4 is 15.6 Å². The highest BCUT2D eigenvalue weighted by atomic mass is 35.5. The van der Waals surface area contributed by atoms with Gasteiger partial charge < -0.3 is 29.2 Å². The quantitative estimate of drug-likeness (QED) is 0.199. The van der Waals surface area contributed by atoms with Crippen LogP contribution >= 0.6 is 11.6 Å². The number of ether oxygens (including phenoxy) is 4. The molecule has 0 radical (unpaired) electrons. The van der Waals surface area contributed by atoms with Gasteiger partial charge in [0.15, 0.2) is 6.61 Å². The molecule has 250 valence electrons. The molecule has 13 heteroatoms. The third-order valence-corrected chi connectivity index (χ3v) is 7.95. The lowest BCUT2D eigenvalue weighted by molar-refractivity contribution is -0.144. The number of amides is 1. The van der Waals surface area contributed by atoms with Gasteiger partial charge in [0.2, 0.25) is 0 Å². The Morgan fingerprint density at radius 2 is 1.83 bits per heavy atom. The molecule has 1 amide bonds. The Kier molecular flexibility index (Phi) is 12.3. The topological polar surface area (TPSA) is 169 Å². The minimum Gasteiger partial charge on any atom is -0.484 e. The molecule has 0 spiro atoms. The summed E-state index contributed by atoms with van der Waals surface area (Å²) in [6, 6.07) is 17.2. The molecule has 0 fully saturated rings. The molecule has 2 atom stereocenters. The molecule has 4 rings (SSSR count). The van der Waals surface area contributed by atoms with Crippen molar-refractivity contribution in [2.75, 3.05) is 40.1 Å². The molecule has 1 aliphatic rings. The summed E-state index contributed by atoms with van der Waals surface area (Å²) in [4.78, 5) is 57.7. The molecule has 48 heavy (non-hydrogen) atoms. The van der Waals surface area contributed by atoms with Gasteiger partial charge in [0.25, 0.3) is 11.5 Å². The van der Waals surface area contributed by atoms with E-state index in [1.54, 1.807) is 69.3 Å². The second-order valence-electron chi connectivity index (χ2n) is 10.7. The summed E-state index contributed by atoms with van der Waals surface area (Å²) >= 11 is 6.54. The Labute approximate surface area is 282 Å². The first kappa shape index (κ1) is 35.6. The number of nitrogens with one attached hydrogen (secondary N) is 2. The zero-order valence-corrected chi connectivity index (χ0v) is 27.7. The predicted molar refractivity (Wildman–Crippen MR) is 178 cm³/mol. The number of carbonyl (C=O) groups is 3. The molecule has 0 saturated carbocycles. The van der Waals surface area contributed by atoms with E-state index in [9.17, 15) is 19.2 Å². The summed E-state index contributed by atoms with van der Waals surface area (Å²) in [7, 11) is 1.27. The molecule has 2 unspecified atom stereocenters. The minimum absolute atomic E-state index is 0.0165. The summed E-state index contributed by atoms with van der Waals surface area (Å²) in [5, 5.41) is 12.2. The molecule has 0 bridgehead atoms. The third kappa shape index (κ3) is 8.36. The number of aryl methyl sites for hydroxylation is 1. The van der Waals surface area contributed by atoms with Crippen LogP contribution in [0.1, 0.15) is 36.6 Å². The Bertz CT molecular complexity index is 1840. The van der Waals surface area contributed by atoms with Crippen LogP contribution in [0.15, 0.2) is 75.7 Å². The van der Waals surface area contributed by atoms with E-state index in [1.165, 1.54) is 13.2 Å². The molecule has 0 saturated heterocycles. The SMILES string of the molecule is CCOC(=O)C1=C(COCCNC(=O)COc2ccc(-c3cc(C#N)c(=O)[nH]c3C)cc2)N=C(C)C(C(=O)OC)C1c1ccccc1Cl. The van der Waals surface area contributed by atoms with E-state index < -0.39 is 29.3 Å². The summed E-state index contributed by atoms with van der Waals surface area (Å²) in [6.45, 7) is 5.11. The molecule has 1 aromatic heterocycles. The van der Waals surface area contributed by atoms with E-state index in [0.29, 0.717) is 33.3 Å². The average Bonchev–Trinajstić information content (AvgIpc) is 3.07. The fraction of sp³-hybridized carbons (Fsp3) is 0.314. The number of nitrogens with zero attached hydrogens (tertiary/aromatic N) is 2. The normalized spacial score (nSPS) is 15.6. The van der Waals surface area contributed by atoms with Crippen molar-refractivity contribution in [3.8, 4) is 22.9 Å². The fourth-order valence-electron chi connectivity index (χ4n) is 5.36. The summed E-state index contributed by atoms with van der Waals surface area (Å²) in [5.41, 5.74) is 3.09. The Hall–Kier alpha value is -5.25. The highest BCUT2D eigenvalue weighted by Gasteiger charge is 2.43. The van der Waals surface area contributed by atoms with E-state index >= 15 is 0 Å². The fourth-order valence-corrected chi connectivity index (χ4v) is 5.61. The summed E-state index contributed by atoms with van der Waals surface area (Å²) < 4.78 is 21.8. The standard InChI is InChI=1S/C35H35ClN4O8/c1-5-47-35(44)32-28(39-21(3)30(34(43)45-4)31(32)25-8-6-7-9-27(25)36)18-46-15-14-38-29(41)19-48-24-12-10-22(11-13-24)26-16-23(17-37)33(42)40-20(26)2/h6-13,16,30-31H,5,14-15,18-19H2,1-4H3,(H,38,41)(H,40,42). The van der Waals surface area contributed by atoms with Crippen LogP contribution in [0.5, 0.6) is 5.75 Å². The van der Waals surface area contributed by atoms with Gasteiger partial charge in [-0.05, 0) is 56.2 Å². The molecule has 2 N–H and O–H groups in total. The number of aromatic nitrogens is 1. The number of esters is 2. The maximum Gasteiger partial charge on any atom is 0.336 e. The number of aliphatic imine (C=N–C) groups is 1. The van der Waals surface area contributed by atoms with Gasteiger partial charge in [0.1, 0.15) is 23.3 Å². The molecule has 3 aromatic rings. The van der Waals surface area contributed by atoms with Gasteiger partial charge >= 0.3 is 11.9 Å². The number of H-pyrrole nitrogens is 1. The lowest BCUT2D eigenvalue weighted by atomic mass is 9.75. The highest BCUT2D eigenvalue weighted by molar-refractivity contribution is 6.31. The van der Waals surface area contributed by atoms with Crippen LogP contribution in [-0.4, -0.2) is 68.6 Å². The van der Waals surface area contributed by atoms with E-state index in [-0.39, 0.29) is 55.7 Å². The summed E-state index contributed by atoms with van der Waals surface area (Å²) in [5.74, 6) is -2.86. The number of halogens is 1. The zero-order chi connectivity index (χ0) is 34.8. The van der Waals surface area contributed by atoms with Gasteiger partial charge in [0.05, 0.1) is 38.2 Å². The van der Waals surface area contributed by atoms with Crippen molar-refractivity contribution in [2.24, 2.45) is 10.9 Å². The molecule has 1 aliphatic heterocycles. The molecule has 0 aliphatic carbocycles. The Morgan fingerprint density at radius 1 is 1.10 bits per heavy atom. The van der Waals surface area contributed by atoms with Crippen molar-refractivity contribution in [1.29, 1.82) is 5.26 Å². The molecule has 12 nitrogen and oxygen atoms in total. The first-order valence-corrected chi connectivity index (χ1v) is 15.5. The van der Waals surface area contributed by atoms with E-state index in [1.807, 2.05) is 6.07 Å². The molecule has 2 heterocycles. The van der Waals surface area contributed by atoms with Crippen LogP contribution in [0.25, 0.3) is 11.1 Å². The van der Waals surface area contributed by atoms with Crippen LogP contribution in [0.2, 0.25) is 5.02 Å². The number of aromatic amines is 1. The van der Waals surface area contributed by atoms with Gasteiger partial charge in [-0.3, -0.25) is 19.4 Å². The zero-order valence-electron chi connectivity index (χ0n) is 26.9. The van der Waals surface area contributed by atoms with Crippen molar-refractivity contribution in [3.63, 3.8) is 0 Å². The van der Waals surface area contributed by atoms with Crippen molar-refractivity contribution < 1.29 is 33.3 Å². The highest BCUT2D eigenvalue weighted by Crippen LogP contribution is 2.42. The number of nitriles is 1. The molecular weight excluding hydrogens is 640 g/mol. The molecular formula is C35H35ClN4O8. The Morgan fingerprint density at radius 3 is 2.50 bits per heavy atom. The van der Waals surface area contributed by atoms with Crippen molar-refractivity contribution >= 4 is 35.2 Å². The van der Waals surface area contributed by atoms with Crippen LogP contribution in [-0.2, 0) is 28.6 Å². The number of rotatable bonds is 13. The van der Waals surface area contributed by atoms with Gasteiger partial charge in [-0.2, -0.15) is 5.26 Å². The maximum atomic E-state index is 13.3. The van der Waals surface area contributed by atoms with E-state index in [2.05, 4.69) is 15.3 Å². The summed E-state index contributed by atoms with van der Waals surface area (Å²) in [6.07, 6.45) is 0. The Balaban J connectivity index is 1.36. The smallest absolute Gasteiger partial charge is 0.336 e. The van der Waals surface area contributed by atoms with Gasteiger partial charge in [0, 0.05) is 34.5 Å². The van der Waals surface area contributed by atoms with Crippen LogP contribution in [0.3, 0.4) is 0 Å². The minimum atomic E-state index is -0.905. The first-order valence-electron chi connectivity index (χ1n) is 15.1. The number of benzene rings is 2. The maximum absolute atomic E-state index is 13.3. The van der Waals surface area contributed by atoms with Crippen molar-refractivity contribution in [2.45, 2.75) is 26.7 Å². The van der Waals surface area contributed by atoms with Crippen LogP contribution in [0, 0.1) is 24.2 Å². The predicted octanol–water partition coefficient (Wildman–Crippen LogP) is 4.25. The van der Waals surface area contributed by atoms with Crippen molar-refractivity contribution in [3.05, 3.63) is 98.1 Å². The van der Waals surface area contributed by atoms with E-state index in [4.69, 9.17) is 35.8 Å². The van der Waals surface area contributed by atoms with E-state index in [0.717, 1.165) is 5.56 Å². The van der Waals surface area contributed by atoms with Gasteiger partial charge in [-0.15, -0.1) is 0 Å². The van der Waals surface area contributed by atoms with Gasteiger partial charge in [-0.1, -0.05) is 41.9 Å². The number of methoxy groups -OCH3 is 1.